The quantitative estimate of drug-likeness (QED) is 0.665. The number of nitrogens with zero attached hydrogens (tertiary/aromatic N) is 2. The number of ether oxygens (including phenoxy) is 1. The summed E-state index contributed by atoms with van der Waals surface area (Å²) in [5, 5.41) is 11.3. The molecule has 0 saturated carbocycles. The maximum absolute atomic E-state index is 5.53. The summed E-state index contributed by atoms with van der Waals surface area (Å²) in [6.45, 7) is 8.61. The molecule has 0 spiro atoms. The SMILES string of the molecule is CCOCCCc1nnc(CCNC(C)C)o1. The van der Waals surface area contributed by atoms with Gasteiger partial charge in [-0.25, -0.2) is 0 Å². The third kappa shape index (κ3) is 6.38. The van der Waals surface area contributed by atoms with E-state index in [-0.39, 0.29) is 0 Å². The van der Waals surface area contributed by atoms with E-state index in [9.17, 15) is 0 Å². The Morgan fingerprint density at radius 2 is 1.94 bits per heavy atom. The van der Waals surface area contributed by atoms with Gasteiger partial charge in [0.25, 0.3) is 0 Å². The van der Waals surface area contributed by atoms with Crippen LogP contribution in [-0.2, 0) is 17.6 Å². The first kappa shape index (κ1) is 14.1. The fourth-order valence-electron chi connectivity index (χ4n) is 1.43. The Morgan fingerprint density at radius 1 is 1.24 bits per heavy atom. The molecule has 0 aliphatic rings. The van der Waals surface area contributed by atoms with E-state index in [0.29, 0.717) is 17.8 Å². The van der Waals surface area contributed by atoms with E-state index in [4.69, 9.17) is 9.15 Å². The van der Waals surface area contributed by atoms with Crippen molar-refractivity contribution in [1.82, 2.24) is 15.5 Å². The van der Waals surface area contributed by atoms with Crippen LogP contribution in [-0.4, -0.2) is 36.0 Å². The van der Waals surface area contributed by atoms with Gasteiger partial charge in [-0.15, -0.1) is 10.2 Å². The van der Waals surface area contributed by atoms with Gasteiger partial charge >= 0.3 is 0 Å². The van der Waals surface area contributed by atoms with Crippen molar-refractivity contribution in [1.29, 1.82) is 0 Å². The summed E-state index contributed by atoms with van der Waals surface area (Å²) < 4.78 is 10.8. The third-order valence-corrected chi connectivity index (χ3v) is 2.28. The molecule has 1 aromatic rings. The second-order valence-corrected chi connectivity index (χ2v) is 4.25. The van der Waals surface area contributed by atoms with Crippen molar-refractivity contribution in [3.8, 4) is 0 Å². The molecule has 0 atom stereocenters. The average molecular weight is 241 g/mol. The van der Waals surface area contributed by atoms with Gasteiger partial charge in [0, 0.05) is 38.6 Å². The second-order valence-electron chi connectivity index (χ2n) is 4.25. The van der Waals surface area contributed by atoms with Crippen molar-refractivity contribution < 1.29 is 9.15 Å². The summed E-state index contributed by atoms with van der Waals surface area (Å²) >= 11 is 0. The van der Waals surface area contributed by atoms with Gasteiger partial charge in [0.2, 0.25) is 11.8 Å². The predicted molar refractivity (Wildman–Crippen MR) is 66.0 cm³/mol. The van der Waals surface area contributed by atoms with Gasteiger partial charge in [-0.3, -0.25) is 0 Å². The highest BCUT2D eigenvalue weighted by molar-refractivity contribution is 4.83. The molecule has 0 radical (unpaired) electrons. The van der Waals surface area contributed by atoms with Crippen molar-refractivity contribution in [2.45, 2.75) is 46.1 Å². The lowest BCUT2D eigenvalue weighted by atomic mass is 10.3. The van der Waals surface area contributed by atoms with E-state index in [2.05, 4.69) is 29.4 Å². The molecule has 0 aromatic carbocycles. The van der Waals surface area contributed by atoms with Crippen molar-refractivity contribution in [2.24, 2.45) is 0 Å². The highest BCUT2D eigenvalue weighted by Crippen LogP contribution is 2.03. The number of rotatable bonds is 9. The van der Waals surface area contributed by atoms with Crippen LogP contribution in [0.15, 0.2) is 4.42 Å². The van der Waals surface area contributed by atoms with E-state index < -0.39 is 0 Å². The molecule has 0 saturated heterocycles. The van der Waals surface area contributed by atoms with E-state index in [1.165, 1.54) is 0 Å². The van der Waals surface area contributed by atoms with E-state index >= 15 is 0 Å². The Balaban J connectivity index is 2.18. The van der Waals surface area contributed by atoms with E-state index in [1.807, 2.05) is 6.92 Å². The topological polar surface area (TPSA) is 60.2 Å². The number of aryl methyl sites for hydroxylation is 1. The van der Waals surface area contributed by atoms with Crippen LogP contribution in [0, 0.1) is 0 Å². The Morgan fingerprint density at radius 3 is 2.59 bits per heavy atom. The first-order valence-corrected chi connectivity index (χ1v) is 6.34. The molecule has 5 heteroatoms. The molecule has 5 nitrogen and oxygen atoms in total. The summed E-state index contributed by atoms with van der Waals surface area (Å²) in [5.41, 5.74) is 0. The van der Waals surface area contributed by atoms with Crippen LogP contribution < -0.4 is 5.32 Å². The van der Waals surface area contributed by atoms with Gasteiger partial charge in [0.15, 0.2) is 0 Å². The van der Waals surface area contributed by atoms with Crippen LogP contribution in [0.5, 0.6) is 0 Å². The highest BCUT2D eigenvalue weighted by atomic mass is 16.5. The molecular weight excluding hydrogens is 218 g/mol. The Kier molecular flexibility index (Phi) is 6.81. The van der Waals surface area contributed by atoms with Crippen molar-refractivity contribution >= 4 is 0 Å². The minimum atomic E-state index is 0.489. The van der Waals surface area contributed by atoms with Gasteiger partial charge in [-0.1, -0.05) is 13.8 Å². The summed E-state index contributed by atoms with van der Waals surface area (Å²) in [4.78, 5) is 0. The Labute approximate surface area is 103 Å². The minimum absolute atomic E-state index is 0.489. The summed E-state index contributed by atoms with van der Waals surface area (Å²) in [5.74, 6) is 1.42. The van der Waals surface area contributed by atoms with Gasteiger partial charge < -0.3 is 14.5 Å². The lowest BCUT2D eigenvalue weighted by Crippen LogP contribution is -2.25. The molecule has 0 aliphatic carbocycles. The molecule has 1 N–H and O–H groups in total. The van der Waals surface area contributed by atoms with Gasteiger partial charge in [-0.2, -0.15) is 0 Å². The monoisotopic (exact) mass is 241 g/mol. The molecule has 98 valence electrons. The first-order valence-electron chi connectivity index (χ1n) is 6.34. The Bertz CT molecular complexity index is 300. The molecule has 0 bridgehead atoms. The van der Waals surface area contributed by atoms with Gasteiger partial charge in [-0.05, 0) is 13.3 Å². The smallest absolute Gasteiger partial charge is 0.217 e. The second kappa shape index (κ2) is 8.20. The van der Waals surface area contributed by atoms with E-state index in [0.717, 1.165) is 39.0 Å². The van der Waals surface area contributed by atoms with Crippen LogP contribution >= 0.6 is 0 Å². The molecule has 1 aromatic heterocycles. The maximum atomic E-state index is 5.53. The zero-order chi connectivity index (χ0) is 12.5. The number of aromatic nitrogens is 2. The van der Waals surface area contributed by atoms with E-state index in [1.54, 1.807) is 0 Å². The van der Waals surface area contributed by atoms with Crippen molar-refractivity contribution in [3.05, 3.63) is 11.8 Å². The first-order chi connectivity index (χ1) is 8.22. The van der Waals surface area contributed by atoms with Crippen LogP contribution in [0.4, 0.5) is 0 Å². The molecule has 17 heavy (non-hydrogen) atoms. The van der Waals surface area contributed by atoms with Crippen LogP contribution in [0.25, 0.3) is 0 Å². The molecule has 1 rings (SSSR count). The van der Waals surface area contributed by atoms with Gasteiger partial charge in [0.05, 0.1) is 0 Å². The van der Waals surface area contributed by atoms with Crippen LogP contribution in [0.2, 0.25) is 0 Å². The molecular formula is C12H23N3O2. The number of hydrogen-bond acceptors (Lipinski definition) is 5. The molecule has 0 amide bonds. The Hall–Kier alpha value is -0.940. The van der Waals surface area contributed by atoms with Crippen LogP contribution in [0.3, 0.4) is 0 Å². The fraction of sp³-hybridized carbons (Fsp3) is 0.833. The zero-order valence-corrected chi connectivity index (χ0v) is 11.0. The number of nitrogens with one attached hydrogen (secondary N) is 1. The fourth-order valence-corrected chi connectivity index (χ4v) is 1.43. The van der Waals surface area contributed by atoms with Crippen molar-refractivity contribution in [3.63, 3.8) is 0 Å². The summed E-state index contributed by atoms with van der Waals surface area (Å²) in [7, 11) is 0. The third-order valence-electron chi connectivity index (χ3n) is 2.28. The minimum Gasteiger partial charge on any atom is -0.425 e. The van der Waals surface area contributed by atoms with Crippen molar-refractivity contribution in [2.75, 3.05) is 19.8 Å². The maximum Gasteiger partial charge on any atom is 0.217 e. The molecule has 0 fully saturated rings. The van der Waals surface area contributed by atoms with Crippen LogP contribution in [0.1, 0.15) is 39.0 Å². The standard InChI is InChI=1S/C12H23N3O2/c1-4-16-9-5-6-11-14-15-12(17-11)7-8-13-10(2)3/h10,13H,4-9H2,1-3H3. The largest absolute Gasteiger partial charge is 0.425 e. The van der Waals surface area contributed by atoms with Gasteiger partial charge in [0.1, 0.15) is 0 Å². The molecule has 0 unspecified atom stereocenters. The number of hydrogen-bond donors (Lipinski definition) is 1. The summed E-state index contributed by atoms with van der Waals surface area (Å²) in [6.07, 6.45) is 2.51. The normalized spacial score (nSPS) is 11.3. The molecule has 1 heterocycles. The summed E-state index contributed by atoms with van der Waals surface area (Å²) in [6, 6.07) is 0.489. The molecule has 0 aliphatic heterocycles. The zero-order valence-electron chi connectivity index (χ0n) is 11.0. The lowest BCUT2D eigenvalue weighted by molar-refractivity contribution is 0.143. The predicted octanol–water partition coefficient (Wildman–Crippen LogP) is 1.58. The average Bonchev–Trinajstić information content (AvgIpc) is 2.72. The lowest BCUT2D eigenvalue weighted by Gasteiger charge is -2.04. The highest BCUT2D eigenvalue weighted by Gasteiger charge is 2.05.